The number of carbonyl (C=O) groups is 1. The molecule has 0 radical (unpaired) electrons. The lowest BCUT2D eigenvalue weighted by Crippen LogP contribution is -2.41. The van der Waals surface area contributed by atoms with Crippen molar-refractivity contribution < 1.29 is 13.9 Å². The second-order valence-electron chi connectivity index (χ2n) is 6.73. The number of nitrogens with zero attached hydrogens (tertiary/aromatic N) is 3. The Morgan fingerprint density at radius 3 is 2.57 bits per heavy atom. The molecular weight excluding hydrogens is 405 g/mol. The molecule has 2 aromatic carbocycles. The Labute approximate surface area is 178 Å². The molecule has 1 amide bonds. The van der Waals surface area contributed by atoms with E-state index in [2.05, 4.69) is 20.9 Å². The summed E-state index contributed by atoms with van der Waals surface area (Å²) in [7, 11) is 0. The zero-order chi connectivity index (χ0) is 21.1. The lowest BCUT2D eigenvalue weighted by Gasteiger charge is -2.33. The Morgan fingerprint density at radius 1 is 1.17 bits per heavy atom. The zero-order valence-corrected chi connectivity index (χ0v) is 17.4. The van der Waals surface area contributed by atoms with Crippen molar-refractivity contribution in [1.82, 2.24) is 14.9 Å². The van der Waals surface area contributed by atoms with Crippen molar-refractivity contribution in [2.45, 2.75) is 36.7 Å². The van der Waals surface area contributed by atoms with Crippen molar-refractivity contribution >= 4 is 23.4 Å². The fourth-order valence-corrected chi connectivity index (χ4v) is 4.36. The predicted molar refractivity (Wildman–Crippen MR) is 114 cm³/mol. The molecule has 1 aliphatic rings. The Hall–Kier alpha value is -3.07. The molecule has 1 aromatic heterocycles. The standard InChI is InChI=1S/C21H22FN5O2S/c1-3-17-24-25-21-27(17)26-18(13-5-7-14(22)8-6-13)19(30-21)20(28)23-15-9-11-16(12-10-15)29-4-2/h5-12,18-19,26H,3-4H2,1-2H3,(H,23,28)/t18-,19-/m1/s1. The van der Waals surface area contributed by atoms with Crippen LogP contribution in [0.25, 0.3) is 0 Å². The average molecular weight is 428 g/mol. The van der Waals surface area contributed by atoms with Crippen LogP contribution in [0.4, 0.5) is 10.1 Å². The van der Waals surface area contributed by atoms with Crippen molar-refractivity contribution in [2.75, 3.05) is 17.3 Å². The van der Waals surface area contributed by atoms with Crippen LogP contribution in [-0.4, -0.2) is 32.6 Å². The maximum atomic E-state index is 13.5. The van der Waals surface area contributed by atoms with Crippen molar-refractivity contribution in [2.24, 2.45) is 0 Å². The second kappa shape index (κ2) is 8.74. The van der Waals surface area contributed by atoms with E-state index in [9.17, 15) is 9.18 Å². The first kappa shape index (κ1) is 20.2. The molecule has 0 saturated carbocycles. The molecule has 9 heteroatoms. The normalized spacial score (nSPS) is 17.7. The molecule has 2 atom stereocenters. The first-order chi connectivity index (χ1) is 14.6. The molecule has 2 N–H and O–H groups in total. The highest BCUT2D eigenvalue weighted by atomic mass is 32.2. The van der Waals surface area contributed by atoms with Gasteiger partial charge < -0.3 is 15.5 Å². The van der Waals surface area contributed by atoms with E-state index in [4.69, 9.17) is 4.74 Å². The van der Waals surface area contributed by atoms with Crippen LogP contribution in [0.3, 0.4) is 0 Å². The van der Waals surface area contributed by atoms with E-state index in [0.717, 1.165) is 17.1 Å². The minimum absolute atomic E-state index is 0.182. The third-order valence-corrected chi connectivity index (χ3v) is 5.96. The van der Waals surface area contributed by atoms with E-state index in [-0.39, 0.29) is 17.8 Å². The van der Waals surface area contributed by atoms with Crippen LogP contribution < -0.4 is 15.5 Å². The number of aromatic nitrogens is 3. The van der Waals surface area contributed by atoms with Gasteiger partial charge in [-0.15, -0.1) is 10.2 Å². The molecule has 156 valence electrons. The number of carbonyl (C=O) groups excluding carboxylic acids is 1. The summed E-state index contributed by atoms with van der Waals surface area (Å²) in [5.74, 6) is 1.01. The number of fused-ring (bicyclic) bond motifs is 1. The lowest BCUT2D eigenvalue weighted by molar-refractivity contribution is -0.116. The van der Waals surface area contributed by atoms with E-state index in [1.54, 1.807) is 28.9 Å². The first-order valence-corrected chi connectivity index (χ1v) is 10.6. The minimum atomic E-state index is -0.525. The number of anilines is 1. The minimum Gasteiger partial charge on any atom is -0.494 e. The van der Waals surface area contributed by atoms with Gasteiger partial charge in [0.2, 0.25) is 11.1 Å². The summed E-state index contributed by atoms with van der Waals surface area (Å²) in [6.07, 6.45) is 0.694. The molecule has 0 fully saturated rings. The van der Waals surface area contributed by atoms with Gasteiger partial charge in [0.25, 0.3) is 0 Å². The summed E-state index contributed by atoms with van der Waals surface area (Å²) in [5, 5.41) is 11.4. The number of halogens is 1. The molecule has 0 aliphatic carbocycles. The van der Waals surface area contributed by atoms with Crippen LogP contribution in [0.1, 0.15) is 31.3 Å². The van der Waals surface area contributed by atoms with E-state index >= 15 is 0 Å². The van der Waals surface area contributed by atoms with Gasteiger partial charge in [0.05, 0.1) is 12.6 Å². The fourth-order valence-electron chi connectivity index (χ4n) is 3.26. The van der Waals surface area contributed by atoms with Gasteiger partial charge in [0.15, 0.2) is 5.82 Å². The van der Waals surface area contributed by atoms with Crippen LogP contribution >= 0.6 is 11.8 Å². The molecule has 1 aliphatic heterocycles. The largest absolute Gasteiger partial charge is 0.494 e. The number of aryl methyl sites for hydroxylation is 1. The average Bonchev–Trinajstić information content (AvgIpc) is 3.17. The smallest absolute Gasteiger partial charge is 0.240 e. The number of amides is 1. The van der Waals surface area contributed by atoms with Crippen molar-refractivity contribution in [3.8, 4) is 5.75 Å². The van der Waals surface area contributed by atoms with E-state index < -0.39 is 5.25 Å². The number of hydrogen-bond acceptors (Lipinski definition) is 6. The maximum absolute atomic E-state index is 13.5. The summed E-state index contributed by atoms with van der Waals surface area (Å²) in [6, 6.07) is 13.0. The highest BCUT2D eigenvalue weighted by molar-refractivity contribution is 8.00. The molecule has 0 spiro atoms. The number of rotatable bonds is 6. The van der Waals surface area contributed by atoms with Gasteiger partial charge in [-0.3, -0.25) is 4.79 Å². The Bertz CT molecular complexity index is 1020. The van der Waals surface area contributed by atoms with Crippen molar-refractivity contribution in [3.63, 3.8) is 0 Å². The van der Waals surface area contributed by atoms with Gasteiger partial charge in [0.1, 0.15) is 16.8 Å². The van der Waals surface area contributed by atoms with Crippen LogP contribution in [0.2, 0.25) is 0 Å². The maximum Gasteiger partial charge on any atom is 0.240 e. The molecule has 3 aromatic rings. The van der Waals surface area contributed by atoms with Gasteiger partial charge in [-0.25, -0.2) is 9.07 Å². The van der Waals surface area contributed by atoms with E-state index in [0.29, 0.717) is 23.9 Å². The molecule has 7 nitrogen and oxygen atoms in total. The number of thioether (sulfide) groups is 1. The molecule has 0 bridgehead atoms. The molecule has 0 saturated heterocycles. The zero-order valence-electron chi connectivity index (χ0n) is 16.6. The molecule has 4 rings (SSSR count). The Morgan fingerprint density at radius 2 is 1.90 bits per heavy atom. The molecule has 30 heavy (non-hydrogen) atoms. The van der Waals surface area contributed by atoms with Gasteiger partial charge >= 0.3 is 0 Å². The number of nitrogens with one attached hydrogen (secondary N) is 2. The SMILES string of the molecule is CCOc1ccc(NC(=O)[C@@H]2Sc3nnc(CC)n3N[C@@H]2c2ccc(F)cc2)cc1. The highest BCUT2D eigenvalue weighted by Gasteiger charge is 2.37. The third kappa shape index (κ3) is 4.11. The van der Waals surface area contributed by atoms with Crippen molar-refractivity contribution in [3.05, 3.63) is 65.7 Å². The summed E-state index contributed by atoms with van der Waals surface area (Å²) in [5.41, 5.74) is 4.81. The van der Waals surface area contributed by atoms with Crippen LogP contribution in [-0.2, 0) is 11.2 Å². The summed E-state index contributed by atoms with van der Waals surface area (Å²) in [4.78, 5) is 13.2. The quantitative estimate of drug-likeness (QED) is 0.623. The monoisotopic (exact) mass is 427 g/mol. The topological polar surface area (TPSA) is 81.1 Å². The first-order valence-electron chi connectivity index (χ1n) is 9.75. The van der Waals surface area contributed by atoms with E-state index in [1.807, 2.05) is 26.0 Å². The molecular formula is C21H22FN5O2S. The lowest BCUT2D eigenvalue weighted by atomic mass is 10.0. The molecule has 2 heterocycles. The van der Waals surface area contributed by atoms with E-state index in [1.165, 1.54) is 23.9 Å². The molecule has 0 unspecified atom stereocenters. The number of hydrogen-bond donors (Lipinski definition) is 2. The van der Waals surface area contributed by atoms with Gasteiger partial charge in [0, 0.05) is 12.1 Å². The number of ether oxygens (including phenoxy) is 1. The van der Waals surface area contributed by atoms with Crippen LogP contribution in [0, 0.1) is 5.82 Å². The Kier molecular flexibility index (Phi) is 5.89. The third-order valence-electron chi connectivity index (χ3n) is 4.74. The Balaban J connectivity index is 1.60. The summed E-state index contributed by atoms with van der Waals surface area (Å²) in [6.45, 7) is 4.48. The van der Waals surface area contributed by atoms with Gasteiger partial charge in [-0.1, -0.05) is 30.8 Å². The highest BCUT2D eigenvalue weighted by Crippen LogP contribution is 2.37. The summed E-state index contributed by atoms with van der Waals surface area (Å²) >= 11 is 1.34. The fraction of sp³-hybridized carbons (Fsp3) is 0.286. The van der Waals surface area contributed by atoms with Crippen LogP contribution in [0.15, 0.2) is 53.7 Å². The predicted octanol–water partition coefficient (Wildman–Crippen LogP) is 3.78. The summed E-state index contributed by atoms with van der Waals surface area (Å²) < 4.78 is 20.7. The second-order valence-corrected chi connectivity index (χ2v) is 7.84. The van der Waals surface area contributed by atoms with Gasteiger partial charge in [-0.05, 0) is 48.9 Å². The number of benzene rings is 2. The van der Waals surface area contributed by atoms with Crippen LogP contribution in [0.5, 0.6) is 5.75 Å². The van der Waals surface area contributed by atoms with Gasteiger partial charge in [-0.2, -0.15) is 0 Å². The van der Waals surface area contributed by atoms with Crippen molar-refractivity contribution in [1.29, 1.82) is 0 Å².